The Morgan fingerprint density at radius 3 is 2.33 bits per heavy atom. The van der Waals surface area contributed by atoms with Crippen molar-refractivity contribution in [1.82, 2.24) is 14.9 Å². The van der Waals surface area contributed by atoms with Gasteiger partial charge in [0, 0.05) is 31.9 Å². The van der Waals surface area contributed by atoms with Gasteiger partial charge in [-0.25, -0.2) is 9.97 Å². The number of piperazine rings is 1. The van der Waals surface area contributed by atoms with Crippen molar-refractivity contribution in [2.45, 2.75) is 19.8 Å². The minimum atomic E-state index is 0.520. The topological polar surface area (TPSA) is 70.3 Å². The van der Waals surface area contributed by atoms with Gasteiger partial charge in [-0.1, -0.05) is 26.0 Å². The van der Waals surface area contributed by atoms with Crippen molar-refractivity contribution in [2.24, 2.45) is 0 Å². The normalized spacial score (nSPS) is 15.8. The second-order valence-electron chi connectivity index (χ2n) is 6.65. The predicted octanol–water partition coefficient (Wildman–Crippen LogP) is 2.68. The molecule has 0 radical (unpaired) electrons. The van der Waals surface area contributed by atoms with Crippen molar-refractivity contribution in [2.75, 3.05) is 49.2 Å². The highest BCUT2D eigenvalue weighted by Crippen LogP contribution is 2.29. The van der Waals surface area contributed by atoms with Crippen LogP contribution in [0.15, 0.2) is 30.6 Å². The average Bonchev–Trinajstić information content (AvgIpc) is 2.58. The molecule has 1 aromatic heterocycles. The predicted molar refractivity (Wildman–Crippen MR) is 100.0 cm³/mol. The van der Waals surface area contributed by atoms with Crippen LogP contribution >= 0.6 is 0 Å². The van der Waals surface area contributed by atoms with Crippen LogP contribution in [-0.4, -0.2) is 48.1 Å². The lowest BCUT2D eigenvalue weighted by Crippen LogP contribution is -2.45. The maximum absolute atomic E-state index is 6.33. The molecular weight excluding hydrogens is 300 g/mol. The molecule has 3 rings (SSSR count). The van der Waals surface area contributed by atoms with Crippen molar-refractivity contribution in [1.29, 1.82) is 0 Å². The Balaban J connectivity index is 1.78. The Morgan fingerprint density at radius 2 is 1.71 bits per heavy atom. The fourth-order valence-corrected chi connectivity index (χ4v) is 2.84. The third-order valence-electron chi connectivity index (χ3n) is 4.51. The van der Waals surface area contributed by atoms with Crippen molar-refractivity contribution in [3.05, 3.63) is 36.2 Å². The van der Waals surface area contributed by atoms with E-state index in [1.54, 1.807) is 6.33 Å². The summed E-state index contributed by atoms with van der Waals surface area (Å²) in [6, 6.07) is 8.39. The standard InChI is InChI=1S/C18H26N6/c1-13(2)14-4-6-15(7-5-14)22-17-16(19)18(21-12-20-17)24-10-8-23(3)9-11-24/h4-7,12-13H,8-11,19H2,1-3H3,(H,20,21,22). The minimum Gasteiger partial charge on any atom is -0.393 e. The van der Waals surface area contributed by atoms with Crippen LogP contribution in [0.2, 0.25) is 0 Å². The van der Waals surface area contributed by atoms with Crippen LogP contribution in [0.25, 0.3) is 0 Å². The molecule has 2 heterocycles. The summed E-state index contributed by atoms with van der Waals surface area (Å²) in [5, 5.41) is 3.31. The van der Waals surface area contributed by atoms with E-state index in [1.165, 1.54) is 5.56 Å². The number of rotatable bonds is 4. The van der Waals surface area contributed by atoms with E-state index in [2.05, 4.69) is 70.2 Å². The number of nitrogens with zero attached hydrogens (tertiary/aromatic N) is 4. The van der Waals surface area contributed by atoms with E-state index in [0.29, 0.717) is 17.4 Å². The molecule has 0 saturated carbocycles. The van der Waals surface area contributed by atoms with Gasteiger partial charge in [0.25, 0.3) is 0 Å². The van der Waals surface area contributed by atoms with Crippen molar-refractivity contribution in [3.63, 3.8) is 0 Å². The first-order chi connectivity index (χ1) is 11.5. The maximum Gasteiger partial charge on any atom is 0.159 e. The van der Waals surface area contributed by atoms with Gasteiger partial charge in [-0.2, -0.15) is 0 Å². The molecule has 128 valence electrons. The second kappa shape index (κ2) is 7.05. The lowest BCUT2D eigenvalue weighted by atomic mass is 10.0. The Bertz CT molecular complexity index is 674. The van der Waals surface area contributed by atoms with Gasteiger partial charge in [0.05, 0.1) is 0 Å². The number of hydrogen-bond donors (Lipinski definition) is 2. The Labute approximate surface area is 143 Å². The van der Waals surface area contributed by atoms with Crippen molar-refractivity contribution < 1.29 is 0 Å². The first-order valence-electron chi connectivity index (χ1n) is 8.45. The van der Waals surface area contributed by atoms with Crippen molar-refractivity contribution in [3.8, 4) is 0 Å². The third-order valence-corrected chi connectivity index (χ3v) is 4.51. The molecular formula is C18H26N6. The molecule has 1 aromatic carbocycles. The molecule has 1 saturated heterocycles. The average molecular weight is 326 g/mol. The summed E-state index contributed by atoms with van der Waals surface area (Å²) in [7, 11) is 2.13. The van der Waals surface area contributed by atoms with E-state index >= 15 is 0 Å². The fourth-order valence-electron chi connectivity index (χ4n) is 2.84. The molecule has 6 heteroatoms. The summed E-state index contributed by atoms with van der Waals surface area (Å²) in [5.74, 6) is 2.00. The summed E-state index contributed by atoms with van der Waals surface area (Å²) >= 11 is 0. The zero-order valence-corrected chi connectivity index (χ0v) is 14.7. The molecule has 0 aliphatic carbocycles. The van der Waals surface area contributed by atoms with Crippen molar-refractivity contribution >= 4 is 23.0 Å². The van der Waals surface area contributed by atoms with Gasteiger partial charge in [0.15, 0.2) is 11.6 Å². The van der Waals surface area contributed by atoms with Crippen LogP contribution in [0.3, 0.4) is 0 Å². The van der Waals surface area contributed by atoms with Gasteiger partial charge < -0.3 is 20.9 Å². The lowest BCUT2D eigenvalue weighted by molar-refractivity contribution is 0.312. The number of hydrogen-bond acceptors (Lipinski definition) is 6. The van der Waals surface area contributed by atoms with Gasteiger partial charge in [-0.3, -0.25) is 0 Å². The Morgan fingerprint density at radius 1 is 1.04 bits per heavy atom. The van der Waals surface area contributed by atoms with E-state index < -0.39 is 0 Å². The van der Waals surface area contributed by atoms with Gasteiger partial charge >= 0.3 is 0 Å². The van der Waals surface area contributed by atoms with Crippen LogP contribution < -0.4 is 16.0 Å². The smallest absolute Gasteiger partial charge is 0.159 e. The van der Waals surface area contributed by atoms with Gasteiger partial charge in [0.2, 0.25) is 0 Å². The highest BCUT2D eigenvalue weighted by atomic mass is 15.3. The molecule has 0 amide bonds. The molecule has 1 fully saturated rings. The van der Waals surface area contributed by atoms with E-state index in [4.69, 9.17) is 5.73 Å². The number of anilines is 4. The zero-order valence-electron chi connectivity index (χ0n) is 14.7. The van der Waals surface area contributed by atoms with Gasteiger partial charge in [-0.05, 0) is 30.7 Å². The third kappa shape index (κ3) is 3.59. The largest absolute Gasteiger partial charge is 0.393 e. The maximum atomic E-state index is 6.33. The van der Waals surface area contributed by atoms with E-state index in [0.717, 1.165) is 37.7 Å². The number of nitrogens with one attached hydrogen (secondary N) is 1. The van der Waals surface area contributed by atoms with E-state index in [9.17, 15) is 0 Å². The molecule has 24 heavy (non-hydrogen) atoms. The number of nitrogen functional groups attached to an aromatic ring is 1. The van der Waals surface area contributed by atoms with Crippen LogP contribution in [0.1, 0.15) is 25.3 Å². The van der Waals surface area contributed by atoms with Crippen LogP contribution in [0.5, 0.6) is 0 Å². The molecule has 1 aliphatic rings. The summed E-state index contributed by atoms with van der Waals surface area (Å²) in [6.45, 7) is 8.27. The molecule has 3 N–H and O–H groups in total. The van der Waals surface area contributed by atoms with Gasteiger partial charge in [0.1, 0.15) is 12.0 Å². The summed E-state index contributed by atoms with van der Waals surface area (Å²) in [5.41, 5.74) is 9.23. The Hall–Kier alpha value is -2.34. The molecule has 2 aromatic rings. The minimum absolute atomic E-state index is 0.520. The van der Waals surface area contributed by atoms with E-state index in [-0.39, 0.29) is 0 Å². The molecule has 0 unspecified atom stereocenters. The lowest BCUT2D eigenvalue weighted by Gasteiger charge is -2.33. The SMILES string of the molecule is CC(C)c1ccc(Nc2ncnc(N3CCN(C)CC3)c2N)cc1. The quantitative estimate of drug-likeness (QED) is 0.900. The zero-order chi connectivity index (χ0) is 17.1. The molecule has 0 spiro atoms. The second-order valence-corrected chi connectivity index (χ2v) is 6.65. The fraction of sp³-hybridized carbons (Fsp3) is 0.444. The molecule has 0 bridgehead atoms. The number of benzene rings is 1. The van der Waals surface area contributed by atoms with Gasteiger partial charge in [-0.15, -0.1) is 0 Å². The molecule has 1 aliphatic heterocycles. The Kier molecular flexibility index (Phi) is 4.85. The summed E-state index contributed by atoms with van der Waals surface area (Å²) < 4.78 is 0. The van der Waals surface area contributed by atoms with E-state index in [1.807, 2.05) is 0 Å². The highest BCUT2D eigenvalue weighted by molar-refractivity contribution is 5.78. The number of aromatic nitrogens is 2. The molecule has 6 nitrogen and oxygen atoms in total. The van der Waals surface area contributed by atoms with Crippen LogP contribution in [-0.2, 0) is 0 Å². The van der Waals surface area contributed by atoms with Crippen LogP contribution in [0, 0.1) is 0 Å². The van der Waals surface area contributed by atoms with Crippen LogP contribution in [0.4, 0.5) is 23.0 Å². The molecule has 0 atom stereocenters. The first-order valence-corrected chi connectivity index (χ1v) is 8.45. The first kappa shape index (κ1) is 16.5. The summed E-state index contributed by atoms with van der Waals surface area (Å²) in [6.07, 6.45) is 1.58. The number of nitrogens with two attached hydrogens (primary N) is 1. The highest BCUT2D eigenvalue weighted by Gasteiger charge is 2.19. The summed E-state index contributed by atoms with van der Waals surface area (Å²) in [4.78, 5) is 13.3. The monoisotopic (exact) mass is 326 g/mol. The number of likely N-dealkylation sites (N-methyl/N-ethyl adjacent to an activating group) is 1.